The van der Waals surface area contributed by atoms with Gasteiger partial charge in [-0.3, -0.25) is 4.79 Å². The molecule has 1 aliphatic rings. The number of rotatable bonds is 2. The van der Waals surface area contributed by atoms with Crippen molar-refractivity contribution in [3.8, 4) is 12.1 Å². The molecule has 21 heavy (non-hydrogen) atoms. The molecule has 5 heteroatoms. The molecule has 108 valence electrons. The second kappa shape index (κ2) is 6.37. The van der Waals surface area contributed by atoms with Gasteiger partial charge in [-0.2, -0.15) is 10.5 Å². The van der Waals surface area contributed by atoms with Crippen LogP contribution in [0.4, 0.5) is 10.1 Å². The van der Waals surface area contributed by atoms with Gasteiger partial charge >= 0.3 is 0 Å². The highest BCUT2D eigenvalue weighted by atomic mass is 19.1. The number of hydrogen-bond donors (Lipinski definition) is 1. The van der Waals surface area contributed by atoms with Crippen molar-refractivity contribution >= 4 is 11.6 Å². The van der Waals surface area contributed by atoms with Crippen molar-refractivity contribution in [2.45, 2.75) is 38.5 Å². The Morgan fingerprint density at radius 2 is 1.86 bits per heavy atom. The van der Waals surface area contributed by atoms with E-state index >= 15 is 0 Å². The molecule has 1 aliphatic carbocycles. The van der Waals surface area contributed by atoms with Crippen LogP contribution in [0.25, 0.3) is 0 Å². The van der Waals surface area contributed by atoms with Gasteiger partial charge < -0.3 is 5.32 Å². The molecule has 0 bridgehead atoms. The third-order valence-corrected chi connectivity index (χ3v) is 3.96. The molecule has 0 atom stereocenters. The molecule has 1 aromatic carbocycles. The first-order chi connectivity index (χ1) is 10.1. The van der Waals surface area contributed by atoms with Gasteiger partial charge in [-0.25, -0.2) is 4.39 Å². The highest BCUT2D eigenvalue weighted by Gasteiger charge is 2.39. The van der Waals surface area contributed by atoms with Gasteiger partial charge in [0.05, 0.1) is 17.3 Å². The molecule has 0 radical (unpaired) electrons. The number of carbonyl (C=O) groups excluding carboxylic acids is 1. The van der Waals surface area contributed by atoms with Gasteiger partial charge in [-0.05, 0) is 31.0 Å². The molecule has 0 unspecified atom stereocenters. The lowest BCUT2D eigenvalue weighted by Gasteiger charge is -2.23. The van der Waals surface area contributed by atoms with E-state index in [4.69, 9.17) is 5.26 Å². The Bertz CT molecular complexity index is 619. The summed E-state index contributed by atoms with van der Waals surface area (Å²) in [4.78, 5) is 12.5. The van der Waals surface area contributed by atoms with Gasteiger partial charge in [0.1, 0.15) is 17.3 Å². The number of benzene rings is 1. The Labute approximate surface area is 123 Å². The van der Waals surface area contributed by atoms with Crippen molar-refractivity contribution < 1.29 is 9.18 Å². The minimum Gasteiger partial charge on any atom is -0.324 e. The molecule has 1 aromatic rings. The van der Waals surface area contributed by atoms with E-state index in [9.17, 15) is 14.4 Å². The lowest BCUT2D eigenvalue weighted by Crippen LogP contribution is -2.34. The van der Waals surface area contributed by atoms with Crippen molar-refractivity contribution in [2.75, 3.05) is 5.32 Å². The zero-order chi connectivity index (χ0) is 15.3. The van der Waals surface area contributed by atoms with E-state index in [0.29, 0.717) is 12.8 Å². The summed E-state index contributed by atoms with van der Waals surface area (Å²) in [7, 11) is 0. The normalized spacial score (nSPS) is 17.1. The van der Waals surface area contributed by atoms with Crippen LogP contribution in [0.3, 0.4) is 0 Å². The quantitative estimate of drug-likeness (QED) is 0.845. The van der Waals surface area contributed by atoms with Crippen LogP contribution in [0, 0.1) is 33.9 Å². The number of nitrogens with one attached hydrogen (secondary N) is 1. The molecule has 1 saturated carbocycles. The Hall–Kier alpha value is -2.40. The number of carbonyl (C=O) groups is 1. The van der Waals surface area contributed by atoms with Gasteiger partial charge in [-0.15, -0.1) is 0 Å². The van der Waals surface area contributed by atoms with Crippen LogP contribution >= 0.6 is 0 Å². The van der Waals surface area contributed by atoms with Crippen LogP contribution in [-0.2, 0) is 4.79 Å². The third-order valence-electron chi connectivity index (χ3n) is 3.96. The lowest BCUT2D eigenvalue weighted by atomic mass is 9.81. The molecule has 4 nitrogen and oxygen atoms in total. The fourth-order valence-electron chi connectivity index (χ4n) is 2.68. The first-order valence-corrected chi connectivity index (χ1v) is 7.04. The average molecular weight is 285 g/mol. The second-order valence-electron chi connectivity index (χ2n) is 5.36. The summed E-state index contributed by atoms with van der Waals surface area (Å²) in [5, 5.41) is 21.1. The zero-order valence-corrected chi connectivity index (χ0v) is 11.7. The van der Waals surface area contributed by atoms with Gasteiger partial charge in [0.2, 0.25) is 5.91 Å². The molecule has 1 fully saturated rings. The molecule has 0 saturated heterocycles. The highest BCUT2D eigenvalue weighted by molar-refractivity contribution is 5.98. The lowest BCUT2D eigenvalue weighted by molar-refractivity contribution is -0.123. The first-order valence-electron chi connectivity index (χ1n) is 7.04. The van der Waals surface area contributed by atoms with Gasteiger partial charge in [-0.1, -0.05) is 25.7 Å². The zero-order valence-electron chi connectivity index (χ0n) is 11.7. The van der Waals surface area contributed by atoms with E-state index in [-0.39, 0.29) is 11.3 Å². The van der Waals surface area contributed by atoms with E-state index in [1.54, 1.807) is 0 Å². The first kappa shape index (κ1) is 15.0. The van der Waals surface area contributed by atoms with Crippen molar-refractivity contribution in [1.82, 2.24) is 0 Å². The molecule has 0 heterocycles. The minimum absolute atomic E-state index is 0.0602. The van der Waals surface area contributed by atoms with E-state index in [1.165, 1.54) is 12.1 Å². The van der Waals surface area contributed by atoms with Crippen LogP contribution in [0.2, 0.25) is 0 Å². The van der Waals surface area contributed by atoms with E-state index in [1.807, 2.05) is 6.07 Å². The number of amides is 1. The fourth-order valence-corrected chi connectivity index (χ4v) is 2.68. The van der Waals surface area contributed by atoms with Gasteiger partial charge in [0.25, 0.3) is 0 Å². The molecule has 1 N–H and O–H groups in total. The summed E-state index contributed by atoms with van der Waals surface area (Å²) in [5.41, 5.74) is -0.731. The van der Waals surface area contributed by atoms with Crippen LogP contribution in [0.5, 0.6) is 0 Å². The fraction of sp³-hybridized carbons (Fsp3) is 0.438. The summed E-state index contributed by atoms with van der Waals surface area (Å²) >= 11 is 0. The van der Waals surface area contributed by atoms with E-state index in [2.05, 4.69) is 11.4 Å². The summed E-state index contributed by atoms with van der Waals surface area (Å²) in [5.74, 6) is -0.927. The average Bonchev–Trinajstić information content (AvgIpc) is 2.75. The summed E-state index contributed by atoms with van der Waals surface area (Å²) in [6, 6.07) is 7.62. The van der Waals surface area contributed by atoms with E-state index < -0.39 is 17.1 Å². The Balaban J connectivity index is 2.24. The third kappa shape index (κ3) is 3.20. The van der Waals surface area contributed by atoms with Crippen molar-refractivity contribution in [3.63, 3.8) is 0 Å². The predicted octanol–water partition coefficient (Wildman–Crippen LogP) is 3.50. The maximum absolute atomic E-state index is 13.1. The molecule has 0 aliphatic heterocycles. The molecule has 0 aromatic heterocycles. The predicted molar refractivity (Wildman–Crippen MR) is 75.5 cm³/mol. The topological polar surface area (TPSA) is 76.7 Å². The molecular formula is C16H16FN3O. The molecule has 0 spiro atoms. The van der Waals surface area contributed by atoms with Crippen molar-refractivity contribution in [1.29, 1.82) is 10.5 Å². The maximum Gasteiger partial charge on any atom is 0.244 e. The molecule has 2 rings (SSSR count). The van der Waals surface area contributed by atoms with E-state index in [0.717, 1.165) is 31.7 Å². The number of anilines is 1. The minimum atomic E-state index is -1.04. The molecular weight excluding hydrogens is 269 g/mol. The van der Waals surface area contributed by atoms with Crippen LogP contribution in [0.1, 0.15) is 44.1 Å². The Morgan fingerprint density at radius 1 is 1.19 bits per heavy atom. The van der Waals surface area contributed by atoms with Crippen molar-refractivity contribution in [2.24, 2.45) is 5.41 Å². The SMILES string of the molecule is N#Cc1cc(F)ccc1NC(=O)C1(C#N)CCCCCC1. The largest absolute Gasteiger partial charge is 0.324 e. The van der Waals surface area contributed by atoms with Gasteiger partial charge in [0.15, 0.2) is 0 Å². The smallest absolute Gasteiger partial charge is 0.244 e. The Kier molecular flexibility index (Phi) is 4.55. The monoisotopic (exact) mass is 285 g/mol. The van der Waals surface area contributed by atoms with Crippen molar-refractivity contribution in [3.05, 3.63) is 29.6 Å². The van der Waals surface area contributed by atoms with Crippen LogP contribution in [-0.4, -0.2) is 5.91 Å². The number of nitriles is 2. The summed E-state index contributed by atoms with van der Waals surface area (Å²) < 4.78 is 13.1. The standard InChI is InChI=1S/C16H16FN3O/c17-13-5-6-14(12(9-13)10-18)20-15(21)16(11-19)7-3-1-2-4-8-16/h5-6,9H,1-4,7-8H2,(H,20,21). The van der Waals surface area contributed by atoms with Gasteiger partial charge in [0, 0.05) is 0 Å². The highest BCUT2D eigenvalue weighted by Crippen LogP contribution is 2.36. The maximum atomic E-state index is 13.1. The molecule has 1 amide bonds. The van der Waals surface area contributed by atoms with Crippen LogP contribution in [0.15, 0.2) is 18.2 Å². The number of nitrogens with zero attached hydrogens (tertiary/aromatic N) is 2. The Morgan fingerprint density at radius 3 is 2.43 bits per heavy atom. The number of hydrogen-bond acceptors (Lipinski definition) is 3. The summed E-state index contributed by atoms with van der Waals surface area (Å²) in [6.07, 6.45) is 4.79. The summed E-state index contributed by atoms with van der Waals surface area (Å²) in [6.45, 7) is 0. The second-order valence-corrected chi connectivity index (χ2v) is 5.36. The number of halogens is 1. The van der Waals surface area contributed by atoms with Crippen LogP contribution < -0.4 is 5.32 Å².